The summed E-state index contributed by atoms with van der Waals surface area (Å²) in [6, 6.07) is 26.4. The van der Waals surface area contributed by atoms with E-state index in [9.17, 15) is 9.59 Å². The molecule has 8 heteroatoms. The summed E-state index contributed by atoms with van der Waals surface area (Å²) >= 11 is 1.28. The van der Waals surface area contributed by atoms with Gasteiger partial charge in [0.25, 0.3) is 11.8 Å². The maximum Gasteiger partial charge on any atom is 0.282 e. The molecule has 0 aliphatic rings. The van der Waals surface area contributed by atoms with Crippen LogP contribution in [-0.2, 0) is 4.79 Å². The molecule has 0 spiro atoms. The van der Waals surface area contributed by atoms with Crippen LogP contribution in [-0.4, -0.2) is 30.5 Å². The number of hydrazine groups is 1. The van der Waals surface area contributed by atoms with E-state index in [0.717, 1.165) is 16.1 Å². The fourth-order valence-electron chi connectivity index (χ4n) is 3.16. The van der Waals surface area contributed by atoms with Crippen LogP contribution in [0.4, 0.5) is 5.69 Å². The molecule has 0 saturated heterocycles. The lowest BCUT2D eigenvalue weighted by Gasteiger charge is -2.11. The van der Waals surface area contributed by atoms with Crippen molar-refractivity contribution in [3.05, 3.63) is 89.8 Å². The van der Waals surface area contributed by atoms with Crippen molar-refractivity contribution < 1.29 is 14.3 Å². The molecule has 166 valence electrons. The second-order valence-corrected chi connectivity index (χ2v) is 7.98. The first-order chi connectivity index (χ1) is 16.2. The monoisotopic (exact) mass is 458 g/mol. The summed E-state index contributed by atoms with van der Waals surface area (Å²) in [6.07, 6.45) is 0. The highest BCUT2D eigenvalue weighted by atomic mass is 32.1. The Morgan fingerprint density at radius 2 is 1.48 bits per heavy atom. The van der Waals surface area contributed by atoms with Crippen molar-refractivity contribution in [2.75, 3.05) is 19.0 Å². The van der Waals surface area contributed by atoms with Crippen LogP contribution in [0.25, 0.3) is 21.8 Å². The number of hydrogen-bond acceptors (Lipinski definition) is 6. The van der Waals surface area contributed by atoms with E-state index in [0.29, 0.717) is 22.0 Å². The van der Waals surface area contributed by atoms with Gasteiger partial charge >= 0.3 is 0 Å². The molecule has 1 aromatic heterocycles. The number of hydrogen-bond donors (Lipinski definition) is 3. The number of carbonyl (C=O) groups excluding carboxylic acids is 2. The van der Waals surface area contributed by atoms with E-state index >= 15 is 0 Å². The van der Waals surface area contributed by atoms with E-state index in [1.165, 1.54) is 11.3 Å². The van der Waals surface area contributed by atoms with Crippen LogP contribution in [0.2, 0.25) is 0 Å². The van der Waals surface area contributed by atoms with Crippen molar-refractivity contribution >= 4 is 28.8 Å². The molecule has 3 aromatic carbocycles. The number of anilines is 1. The van der Waals surface area contributed by atoms with Crippen LogP contribution in [0.5, 0.6) is 5.75 Å². The smallest absolute Gasteiger partial charge is 0.282 e. The number of benzene rings is 3. The molecule has 2 amide bonds. The minimum absolute atomic E-state index is 0.0375. The number of amides is 2. The summed E-state index contributed by atoms with van der Waals surface area (Å²) in [5.41, 5.74) is 7.95. The lowest BCUT2D eigenvalue weighted by Crippen LogP contribution is -2.44. The van der Waals surface area contributed by atoms with Gasteiger partial charge in [0, 0.05) is 11.1 Å². The third-order valence-corrected chi connectivity index (χ3v) is 5.87. The highest BCUT2D eigenvalue weighted by Gasteiger charge is 2.20. The fraction of sp³-hybridized carbons (Fsp3) is 0.0800. The largest absolute Gasteiger partial charge is 0.495 e. The van der Waals surface area contributed by atoms with Crippen LogP contribution < -0.4 is 20.9 Å². The lowest BCUT2D eigenvalue weighted by atomic mass is 10.1. The zero-order valence-electron chi connectivity index (χ0n) is 17.9. The minimum atomic E-state index is -0.431. The highest BCUT2D eigenvalue weighted by molar-refractivity contribution is 7.17. The molecule has 0 unspecified atom stereocenters. The van der Waals surface area contributed by atoms with Gasteiger partial charge in [-0.2, -0.15) is 0 Å². The Balaban J connectivity index is 1.47. The predicted molar refractivity (Wildman–Crippen MR) is 130 cm³/mol. The number of rotatable bonds is 7. The first kappa shape index (κ1) is 22.0. The molecule has 7 nitrogen and oxygen atoms in total. The average molecular weight is 459 g/mol. The first-order valence-corrected chi connectivity index (χ1v) is 11.0. The maximum atomic E-state index is 13.0. The summed E-state index contributed by atoms with van der Waals surface area (Å²) in [5.74, 6) is -0.206. The molecule has 0 fully saturated rings. The highest BCUT2D eigenvalue weighted by Crippen LogP contribution is 2.33. The Kier molecular flexibility index (Phi) is 6.96. The van der Waals surface area contributed by atoms with E-state index in [-0.39, 0.29) is 6.54 Å². The van der Waals surface area contributed by atoms with Gasteiger partial charge in [-0.25, -0.2) is 4.98 Å². The maximum absolute atomic E-state index is 13.0. The van der Waals surface area contributed by atoms with E-state index in [1.54, 1.807) is 19.2 Å². The van der Waals surface area contributed by atoms with Crippen LogP contribution in [0.3, 0.4) is 0 Å². The lowest BCUT2D eigenvalue weighted by molar-refractivity contribution is -0.120. The third kappa shape index (κ3) is 5.36. The molecule has 0 bridgehead atoms. The Labute approximate surface area is 195 Å². The zero-order valence-corrected chi connectivity index (χ0v) is 18.7. The van der Waals surface area contributed by atoms with Gasteiger partial charge in [0.05, 0.1) is 25.0 Å². The van der Waals surface area contributed by atoms with Gasteiger partial charge < -0.3 is 10.1 Å². The van der Waals surface area contributed by atoms with E-state index in [4.69, 9.17) is 9.72 Å². The van der Waals surface area contributed by atoms with Crippen molar-refractivity contribution in [2.45, 2.75) is 0 Å². The van der Waals surface area contributed by atoms with Gasteiger partial charge in [-0.3, -0.25) is 20.4 Å². The Morgan fingerprint density at radius 3 is 2.18 bits per heavy atom. The summed E-state index contributed by atoms with van der Waals surface area (Å²) in [4.78, 5) is 30.4. The van der Waals surface area contributed by atoms with E-state index in [2.05, 4.69) is 16.2 Å². The number of thiazole rings is 1. The normalized spacial score (nSPS) is 10.3. The van der Waals surface area contributed by atoms with Gasteiger partial charge in [0.15, 0.2) is 0 Å². The Bertz CT molecular complexity index is 1240. The molecular weight excluding hydrogens is 436 g/mol. The molecule has 4 rings (SSSR count). The van der Waals surface area contributed by atoms with Crippen LogP contribution >= 0.6 is 11.3 Å². The first-order valence-electron chi connectivity index (χ1n) is 10.2. The molecule has 4 aromatic rings. The Morgan fingerprint density at radius 1 is 0.848 bits per heavy atom. The van der Waals surface area contributed by atoms with E-state index < -0.39 is 11.8 Å². The summed E-state index contributed by atoms with van der Waals surface area (Å²) in [6.45, 7) is -0.0375. The summed E-state index contributed by atoms with van der Waals surface area (Å²) in [5, 5.41) is 3.72. The molecule has 0 aliphatic carbocycles. The van der Waals surface area contributed by atoms with E-state index in [1.807, 2.05) is 72.8 Å². The number of methoxy groups -OCH3 is 1. The second-order valence-electron chi connectivity index (χ2n) is 6.98. The number of carbonyl (C=O) groups is 2. The van der Waals surface area contributed by atoms with Gasteiger partial charge in [0.1, 0.15) is 15.6 Å². The topological polar surface area (TPSA) is 92.4 Å². The molecule has 0 atom stereocenters. The zero-order chi connectivity index (χ0) is 23.0. The number of nitrogens with zero attached hydrogens (tertiary/aromatic N) is 1. The van der Waals surface area contributed by atoms with Crippen LogP contribution in [0, 0.1) is 0 Å². The standard InChI is InChI=1S/C25H22N4O3S/c1-32-20-15-9-8-14-19(20)26-16-21(30)28-29-24(31)23-22(17-10-4-2-5-11-17)27-25(33-23)18-12-6-3-7-13-18/h2-15,26H,16H2,1H3,(H,28,30)(H,29,31). The fourth-order valence-corrected chi connectivity index (χ4v) is 4.15. The number of nitrogens with one attached hydrogen (secondary N) is 3. The molecule has 0 saturated carbocycles. The van der Waals surface area contributed by atoms with Crippen molar-refractivity contribution in [1.82, 2.24) is 15.8 Å². The molecule has 3 N–H and O–H groups in total. The van der Waals surface area contributed by atoms with Crippen molar-refractivity contribution in [3.63, 3.8) is 0 Å². The molecular formula is C25H22N4O3S. The van der Waals surface area contributed by atoms with Gasteiger partial charge in [-0.1, -0.05) is 72.8 Å². The van der Waals surface area contributed by atoms with Crippen molar-refractivity contribution in [2.24, 2.45) is 0 Å². The molecule has 33 heavy (non-hydrogen) atoms. The third-order valence-electron chi connectivity index (χ3n) is 4.76. The predicted octanol–water partition coefficient (Wildman–Crippen LogP) is 4.36. The minimum Gasteiger partial charge on any atom is -0.495 e. The van der Waals surface area contributed by atoms with Gasteiger partial charge in [0.2, 0.25) is 0 Å². The van der Waals surface area contributed by atoms with Crippen LogP contribution in [0.1, 0.15) is 9.67 Å². The van der Waals surface area contributed by atoms with Crippen molar-refractivity contribution in [1.29, 1.82) is 0 Å². The second kappa shape index (κ2) is 10.4. The Hall–Kier alpha value is -4.17. The number of ether oxygens (including phenoxy) is 1. The number of para-hydroxylation sites is 2. The summed E-state index contributed by atoms with van der Waals surface area (Å²) < 4.78 is 5.26. The van der Waals surface area contributed by atoms with Gasteiger partial charge in [-0.15, -0.1) is 11.3 Å². The van der Waals surface area contributed by atoms with Crippen molar-refractivity contribution in [3.8, 4) is 27.6 Å². The average Bonchev–Trinajstić information content (AvgIpc) is 3.33. The summed E-state index contributed by atoms with van der Waals surface area (Å²) in [7, 11) is 1.56. The van der Waals surface area contributed by atoms with Gasteiger partial charge in [-0.05, 0) is 12.1 Å². The quantitative estimate of drug-likeness (QED) is 0.358. The molecule has 1 heterocycles. The SMILES string of the molecule is COc1ccccc1NCC(=O)NNC(=O)c1sc(-c2ccccc2)nc1-c1ccccc1. The molecule has 0 radical (unpaired) electrons. The number of aromatic nitrogens is 1. The van der Waals surface area contributed by atoms with Crippen LogP contribution in [0.15, 0.2) is 84.9 Å². The molecule has 0 aliphatic heterocycles.